The van der Waals surface area contributed by atoms with Gasteiger partial charge in [-0.05, 0) is 18.2 Å². The first kappa shape index (κ1) is 11.3. The average Bonchev–Trinajstić information content (AvgIpc) is 2.32. The lowest BCUT2D eigenvalue weighted by Crippen LogP contribution is -1.95. The highest BCUT2D eigenvalue weighted by Gasteiger charge is 2.09. The standard InChI is InChI=1S/C11H8Cl2N2O/c12-7-1-2-10(13)8(3-7)9-4-14-6-15-11(9)5-16/h1-4,6,16H,5H2. The maximum atomic E-state index is 9.17. The lowest BCUT2D eigenvalue weighted by Gasteiger charge is -2.07. The van der Waals surface area contributed by atoms with E-state index >= 15 is 0 Å². The van der Waals surface area contributed by atoms with E-state index in [1.165, 1.54) is 6.33 Å². The molecule has 1 heterocycles. The molecule has 0 amide bonds. The van der Waals surface area contributed by atoms with Gasteiger partial charge in [0.2, 0.25) is 0 Å². The van der Waals surface area contributed by atoms with Crippen LogP contribution in [0.15, 0.2) is 30.7 Å². The first-order valence-electron chi connectivity index (χ1n) is 4.57. The van der Waals surface area contributed by atoms with Gasteiger partial charge in [-0.15, -0.1) is 0 Å². The quantitative estimate of drug-likeness (QED) is 0.897. The molecular formula is C11H8Cl2N2O. The molecule has 3 nitrogen and oxygen atoms in total. The number of rotatable bonds is 2. The highest BCUT2D eigenvalue weighted by Crippen LogP contribution is 2.31. The Bertz CT molecular complexity index is 517. The molecule has 0 saturated heterocycles. The van der Waals surface area contributed by atoms with Crippen molar-refractivity contribution in [1.82, 2.24) is 9.97 Å². The van der Waals surface area contributed by atoms with Crippen LogP contribution < -0.4 is 0 Å². The summed E-state index contributed by atoms with van der Waals surface area (Å²) in [5.74, 6) is 0. The minimum absolute atomic E-state index is 0.166. The molecule has 1 aromatic carbocycles. The molecule has 0 fully saturated rings. The first-order chi connectivity index (χ1) is 7.72. The molecule has 0 aliphatic heterocycles. The van der Waals surface area contributed by atoms with Crippen molar-refractivity contribution in [2.45, 2.75) is 6.61 Å². The number of nitrogens with zero attached hydrogens (tertiary/aromatic N) is 2. The van der Waals surface area contributed by atoms with E-state index in [4.69, 9.17) is 23.2 Å². The van der Waals surface area contributed by atoms with Crippen molar-refractivity contribution in [3.8, 4) is 11.1 Å². The molecule has 2 aromatic rings. The molecule has 1 aromatic heterocycles. The summed E-state index contributed by atoms with van der Waals surface area (Å²) in [5.41, 5.74) is 1.94. The fraction of sp³-hybridized carbons (Fsp3) is 0.0909. The zero-order valence-corrected chi connectivity index (χ0v) is 9.70. The zero-order valence-electron chi connectivity index (χ0n) is 8.19. The van der Waals surface area contributed by atoms with Crippen LogP contribution in [0.1, 0.15) is 5.69 Å². The Morgan fingerprint density at radius 1 is 1.19 bits per heavy atom. The Morgan fingerprint density at radius 2 is 2.00 bits per heavy atom. The van der Waals surface area contributed by atoms with Crippen LogP contribution in [0.4, 0.5) is 0 Å². The Hall–Kier alpha value is -1.16. The summed E-state index contributed by atoms with van der Waals surface area (Å²) in [6.45, 7) is -0.166. The van der Waals surface area contributed by atoms with Crippen molar-refractivity contribution in [2.75, 3.05) is 0 Å². The zero-order chi connectivity index (χ0) is 11.5. The number of aliphatic hydroxyl groups excluding tert-OH is 1. The predicted octanol–water partition coefficient (Wildman–Crippen LogP) is 2.94. The molecule has 1 N–H and O–H groups in total. The Labute approximate surface area is 103 Å². The van der Waals surface area contributed by atoms with E-state index in [0.29, 0.717) is 21.3 Å². The van der Waals surface area contributed by atoms with E-state index in [9.17, 15) is 5.11 Å². The van der Waals surface area contributed by atoms with Crippen LogP contribution in [0.3, 0.4) is 0 Å². The van der Waals surface area contributed by atoms with Crippen molar-refractivity contribution in [3.63, 3.8) is 0 Å². The van der Waals surface area contributed by atoms with Gasteiger partial charge in [0.05, 0.1) is 12.3 Å². The van der Waals surface area contributed by atoms with E-state index in [1.54, 1.807) is 24.4 Å². The predicted molar refractivity (Wildman–Crippen MR) is 63.4 cm³/mol. The van der Waals surface area contributed by atoms with Gasteiger partial charge < -0.3 is 5.11 Å². The third-order valence-electron chi connectivity index (χ3n) is 2.16. The smallest absolute Gasteiger partial charge is 0.115 e. The van der Waals surface area contributed by atoms with Crippen LogP contribution in [0.25, 0.3) is 11.1 Å². The van der Waals surface area contributed by atoms with Crippen LogP contribution in [-0.4, -0.2) is 15.1 Å². The fourth-order valence-electron chi connectivity index (χ4n) is 1.41. The van der Waals surface area contributed by atoms with Crippen LogP contribution >= 0.6 is 23.2 Å². The van der Waals surface area contributed by atoms with Gasteiger partial charge in [-0.3, -0.25) is 0 Å². The van der Waals surface area contributed by atoms with Gasteiger partial charge in [0, 0.05) is 27.4 Å². The van der Waals surface area contributed by atoms with Crippen molar-refractivity contribution in [3.05, 3.63) is 46.5 Å². The number of halogens is 2. The third-order valence-corrected chi connectivity index (χ3v) is 2.73. The van der Waals surface area contributed by atoms with Crippen LogP contribution in [0.5, 0.6) is 0 Å². The molecule has 0 radical (unpaired) electrons. The Balaban J connectivity index is 2.62. The maximum Gasteiger partial charge on any atom is 0.115 e. The number of aromatic nitrogens is 2. The summed E-state index contributed by atoms with van der Waals surface area (Å²) >= 11 is 12.0. The van der Waals surface area contributed by atoms with Gasteiger partial charge in [-0.25, -0.2) is 9.97 Å². The SMILES string of the molecule is OCc1ncncc1-c1cc(Cl)ccc1Cl. The topological polar surface area (TPSA) is 46.0 Å². The molecule has 5 heteroatoms. The molecule has 0 saturated carbocycles. The average molecular weight is 255 g/mol. The summed E-state index contributed by atoms with van der Waals surface area (Å²) in [6, 6.07) is 5.13. The summed E-state index contributed by atoms with van der Waals surface area (Å²) in [5, 5.41) is 10.3. The van der Waals surface area contributed by atoms with Gasteiger partial charge >= 0.3 is 0 Å². The lowest BCUT2D eigenvalue weighted by molar-refractivity contribution is 0.277. The minimum atomic E-state index is -0.166. The van der Waals surface area contributed by atoms with E-state index < -0.39 is 0 Å². The lowest BCUT2D eigenvalue weighted by atomic mass is 10.1. The van der Waals surface area contributed by atoms with Gasteiger partial charge in [-0.2, -0.15) is 0 Å². The molecule has 0 spiro atoms. The van der Waals surface area contributed by atoms with Crippen LogP contribution in [0, 0.1) is 0 Å². The van der Waals surface area contributed by atoms with E-state index in [-0.39, 0.29) is 6.61 Å². The highest BCUT2D eigenvalue weighted by atomic mass is 35.5. The second-order valence-electron chi connectivity index (χ2n) is 3.17. The van der Waals surface area contributed by atoms with Gasteiger partial charge in [0.25, 0.3) is 0 Å². The summed E-state index contributed by atoms with van der Waals surface area (Å²) in [7, 11) is 0. The monoisotopic (exact) mass is 254 g/mol. The highest BCUT2D eigenvalue weighted by molar-refractivity contribution is 6.35. The van der Waals surface area contributed by atoms with E-state index in [2.05, 4.69) is 9.97 Å². The largest absolute Gasteiger partial charge is 0.390 e. The number of hydrogen-bond acceptors (Lipinski definition) is 3. The molecule has 0 bridgehead atoms. The summed E-state index contributed by atoms with van der Waals surface area (Å²) < 4.78 is 0. The second kappa shape index (κ2) is 4.78. The maximum absolute atomic E-state index is 9.17. The molecule has 82 valence electrons. The van der Waals surface area contributed by atoms with Crippen LogP contribution in [-0.2, 0) is 6.61 Å². The number of benzene rings is 1. The summed E-state index contributed by atoms with van der Waals surface area (Å²) in [4.78, 5) is 7.90. The van der Waals surface area contributed by atoms with Crippen molar-refractivity contribution in [1.29, 1.82) is 0 Å². The van der Waals surface area contributed by atoms with Crippen molar-refractivity contribution in [2.24, 2.45) is 0 Å². The summed E-state index contributed by atoms with van der Waals surface area (Å²) in [6.07, 6.45) is 2.99. The first-order valence-corrected chi connectivity index (χ1v) is 5.33. The fourth-order valence-corrected chi connectivity index (χ4v) is 1.80. The Kier molecular flexibility index (Phi) is 3.39. The minimum Gasteiger partial charge on any atom is -0.390 e. The number of aliphatic hydroxyl groups is 1. The molecule has 16 heavy (non-hydrogen) atoms. The third kappa shape index (κ3) is 2.16. The number of hydrogen-bond donors (Lipinski definition) is 1. The van der Waals surface area contributed by atoms with Gasteiger partial charge in [0.15, 0.2) is 0 Å². The Morgan fingerprint density at radius 3 is 2.75 bits per heavy atom. The van der Waals surface area contributed by atoms with E-state index in [1.807, 2.05) is 0 Å². The molecule has 0 aliphatic rings. The second-order valence-corrected chi connectivity index (χ2v) is 4.01. The molecular weight excluding hydrogens is 247 g/mol. The van der Waals surface area contributed by atoms with Crippen molar-refractivity contribution < 1.29 is 5.11 Å². The molecule has 0 aliphatic carbocycles. The molecule has 0 atom stereocenters. The van der Waals surface area contributed by atoms with Crippen LogP contribution in [0.2, 0.25) is 10.0 Å². The van der Waals surface area contributed by atoms with Crippen molar-refractivity contribution >= 4 is 23.2 Å². The van der Waals surface area contributed by atoms with Gasteiger partial charge in [-0.1, -0.05) is 23.2 Å². The molecule has 2 rings (SSSR count). The molecule has 0 unspecified atom stereocenters. The normalized spacial score (nSPS) is 10.4. The van der Waals surface area contributed by atoms with Gasteiger partial charge in [0.1, 0.15) is 6.33 Å². The van der Waals surface area contributed by atoms with E-state index in [0.717, 1.165) is 5.56 Å².